The van der Waals surface area contributed by atoms with E-state index in [4.69, 9.17) is 21.4 Å². The smallest absolute Gasteiger partial charge is 0.262 e. The van der Waals surface area contributed by atoms with Gasteiger partial charge in [0.05, 0.1) is 16.5 Å². The topological polar surface area (TPSA) is 92.7 Å². The standard InChI is InChI=1S/C16H16ClNO5S/c1-24(21,22)13-5-3-12(4-6-13)18-16(20)10-23-15-7-2-11(9-19)8-14(15)17/h2-8,19H,9-10H2,1H3,(H,18,20). The first-order chi connectivity index (χ1) is 11.3. The first kappa shape index (κ1) is 18.3. The monoisotopic (exact) mass is 369 g/mol. The number of sulfone groups is 1. The fourth-order valence-electron chi connectivity index (χ4n) is 1.89. The van der Waals surface area contributed by atoms with Crippen LogP contribution in [0.2, 0.25) is 5.02 Å². The Morgan fingerprint density at radius 3 is 2.42 bits per heavy atom. The number of halogens is 1. The van der Waals surface area contributed by atoms with Gasteiger partial charge in [-0.25, -0.2) is 8.42 Å². The third kappa shape index (κ3) is 4.95. The van der Waals surface area contributed by atoms with Crippen molar-refractivity contribution in [2.45, 2.75) is 11.5 Å². The number of benzene rings is 2. The minimum absolute atomic E-state index is 0.135. The summed E-state index contributed by atoms with van der Waals surface area (Å²) in [6, 6.07) is 10.6. The van der Waals surface area contributed by atoms with E-state index in [9.17, 15) is 13.2 Å². The second kappa shape index (κ2) is 7.65. The number of aliphatic hydroxyl groups excluding tert-OH is 1. The molecule has 0 atom stereocenters. The average molecular weight is 370 g/mol. The van der Waals surface area contributed by atoms with Crippen molar-refractivity contribution >= 4 is 33.0 Å². The lowest BCUT2D eigenvalue weighted by Gasteiger charge is -2.10. The summed E-state index contributed by atoms with van der Waals surface area (Å²) < 4.78 is 28.1. The van der Waals surface area contributed by atoms with E-state index in [1.54, 1.807) is 18.2 Å². The number of ether oxygens (including phenoxy) is 1. The van der Waals surface area contributed by atoms with Crippen molar-refractivity contribution in [3.05, 3.63) is 53.1 Å². The molecular weight excluding hydrogens is 354 g/mol. The average Bonchev–Trinajstić information content (AvgIpc) is 2.53. The maximum atomic E-state index is 11.9. The molecule has 0 heterocycles. The highest BCUT2D eigenvalue weighted by Crippen LogP contribution is 2.25. The number of amides is 1. The maximum absolute atomic E-state index is 11.9. The normalized spacial score (nSPS) is 11.1. The maximum Gasteiger partial charge on any atom is 0.262 e. The molecule has 24 heavy (non-hydrogen) atoms. The molecule has 2 aromatic rings. The van der Waals surface area contributed by atoms with E-state index < -0.39 is 15.7 Å². The molecule has 2 rings (SSSR count). The van der Waals surface area contributed by atoms with E-state index in [1.165, 1.54) is 24.3 Å². The van der Waals surface area contributed by atoms with Gasteiger partial charge in [-0.2, -0.15) is 0 Å². The molecule has 0 aliphatic carbocycles. The summed E-state index contributed by atoms with van der Waals surface area (Å²) in [5.41, 5.74) is 1.10. The fourth-order valence-corrected chi connectivity index (χ4v) is 2.77. The molecule has 2 aromatic carbocycles. The summed E-state index contributed by atoms with van der Waals surface area (Å²) in [6.45, 7) is -0.393. The van der Waals surface area contributed by atoms with Gasteiger partial charge in [0, 0.05) is 11.9 Å². The van der Waals surface area contributed by atoms with Crippen molar-refractivity contribution in [1.82, 2.24) is 0 Å². The van der Waals surface area contributed by atoms with E-state index in [-0.39, 0.29) is 18.1 Å². The Labute approximate surface area is 144 Å². The van der Waals surface area contributed by atoms with Crippen molar-refractivity contribution < 1.29 is 23.1 Å². The number of nitrogens with one attached hydrogen (secondary N) is 1. The van der Waals surface area contributed by atoms with E-state index in [0.29, 0.717) is 22.0 Å². The number of hydrogen-bond donors (Lipinski definition) is 2. The molecule has 0 aliphatic heterocycles. The lowest BCUT2D eigenvalue weighted by Crippen LogP contribution is -2.20. The molecule has 128 valence electrons. The summed E-state index contributed by atoms with van der Waals surface area (Å²) in [6.07, 6.45) is 1.11. The van der Waals surface area contributed by atoms with Gasteiger partial charge in [0.2, 0.25) is 0 Å². The quantitative estimate of drug-likeness (QED) is 0.814. The van der Waals surface area contributed by atoms with Gasteiger partial charge in [0.1, 0.15) is 5.75 Å². The number of carbonyl (C=O) groups is 1. The zero-order valence-corrected chi connectivity index (χ0v) is 14.4. The Bertz CT molecular complexity index is 834. The minimum atomic E-state index is -3.27. The van der Waals surface area contributed by atoms with Gasteiger partial charge in [-0.05, 0) is 42.0 Å². The first-order valence-electron chi connectivity index (χ1n) is 6.91. The molecule has 0 saturated heterocycles. The van der Waals surface area contributed by atoms with Crippen LogP contribution in [-0.2, 0) is 21.2 Å². The number of aliphatic hydroxyl groups is 1. The summed E-state index contributed by atoms with van der Waals surface area (Å²) in [7, 11) is -3.27. The Morgan fingerprint density at radius 1 is 1.21 bits per heavy atom. The van der Waals surface area contributed by atoms with Crippen LogP contribution in [-0.4, -0.2) is 32.3 Å². The predicted octanol–water partition coefficient (Wildman–Crippen LogP) is 2.25. The molecule has 6 nitrogen and oxygen atoms in total. The lowest BCUT2D eigenvalue weighted by atomic mass is 10.2. The van der Waals surface area contributed by atoms with Crippen molar-refractivity contribution in [3.63, 3.8) is 0 Å². The van der Waals surface area contributed by atoms with Crippen LogP contribution in [0.15, 0.2) is 47.4 Å². The molecule has 0 bridgehead atoms. The van der Waals surface area contributed by atoms with E-state index in [2.05, 4.69) is 5.32 Å². The molecule has 0 saturated carbocycles. The van der Waals surface area contributed by atoms with Gasteiger partial charge >= 0.3 is 0 Å². The molecule has 0 aliphatic rings. The van der Waals surface area contributed by atoms with Crippen LogP contribution in [0.3, 0.4) is 0 Å². The number of hydrogen-bond acceptors (Lipinski definition) is 5. The summed E-state index contributed by atoms with van der Waals surface area (Å²) >= 11 is 5.99. The van der Waals surface area contributed by atoms with E-state index in [0.717, 1.165) is 6.26 Å². The molecule has 0 spiro atoms. The van der Waals surface area contributed by atoms with E-state index >= 15 is 0 Å². The second-order valence-corrected chi connectivity index (χ2v) is 7.48. The van der Waals surface area contributed by atoms with Crippen LogP contribution < -0.4 is 10.1 Å². The Hall–Kier alpha value is -2.09. The summed E-state index contributed by atoms with van der Waals surface area (Å²) in [4.78, 5) is 12.0. The summed E-state index contributed by atoms with van der Waals surface area (Å²) in [5.74, 6) is -0.0825. The van der Waals surface area contributed by atoms with Gasteiger partial charge in [-0.1, -0.05) is 17.7 Å². The number of rotatable bonds is 6. The molecule has 0 aromatic heterocycles. The van der Waals surface area contributed by atoms with Crippen LogP contribution in [0.1, 0.15) is 5.56 Å². The number of anilines is 1. The van der Waals surface area contributed by atoms with Crippen LogP contribution >= 0.6 is 11.6 Å². The molecule has 2 N–H and O–H groups in total. The Balaban J connectivity index is 1.94. The van der Waals surface area contributed by atoms with Crippen molar-refractivity contribution in [3.8, 4) is 5.75 Å². The molecule has 0 fully saturated rings. The van der Waals surface area contributed by atoms with Crippen molar-refractivity contribution in [2.24, 2.45) is 0 Å². The highest BCUT2D eigenvalue weighted by Gasteiger charge is 2.09. The van der Waals surface area contributed by atoms with Gasteiger partial charge in [0.15, 0.2) is 16.4 Å². The minimum Gasteiger partial charge on any atom is -0.482 e. The van der Waals surface area contributed by atoms with Crippen LogP contribution in [0.5, 0.6) is 5.75 Å². The Morgan fingerprint density at radius 2 is 1.88 bits per heavy atom. The zero-order valence-electron chi connectivity index (χ0n) is 12.8. The lowest BCUT2D eigenvalue weighted by molar-refractivity contribution is -0.118. The van der Waals surface area contributed by atoms with Crippen LogP contribution in [0, 0.1) is 0 Å². The van der Waals surface area contributed by atoms with Crippen molar-refractivity contribution in [1.29, 1.82) is 0 Å². The SMILES string of the molecule is CS(=O)(=O)c1ccc(NC(=O)COc2ccc(CO)cc2Cl)cc1. The summed E-state index contributed by atoms with van der Waals surface area (Å²) in [5, 5.41) is 11.9. The predicted molar refractivity (Wildman–Crippen MR) is 91.1 cm³/mol. The molecule has 0 unspecified atom stereocenters. The van der Waals surface area contributed by atoms with Gasteiger partial charge in [-0.3, -0.25) is 4.79 Å². The molecule has 8 heteroatoms. The zero-order chi connectivity index (χ0) is 17.7. The highest BCUT2D eigenvalue weighted by atomic mass is 35.5. The highest BCUT2D eigenvalue weighted by molar-refractivity contribution is 7.90. The van der Waals surface area contributed by atoms with Gasteiger partial charge in [0.25, 0.3) is 5.91 Å². The van der Waals surface area contributed by atoms with Crippen LogP contribution in [0.25, 0.3) is 0 Å². The fraction of sp³-hybridized carbons (Fsp3) is 0.188. The molecule has 1 amide bonds. The van der Waals surface area contributed by atoms with Crippen LogP contribution in [0.4, 0.5) is 5.69 Å². The number of carbonyl (C=O) groups excluding carboxylic acids is 1. The molecular formula is C16H16ClNO5S. The van der Waals surface area contributed by atoms with Gasteiger partial charge < -0.3 is 15.2 Å². The van der Waals surface area contributed by atoms with Gasteiger partial charge in [-0.15, -0.1) is 0 Å². The molecule has 0 radical (unpaired) electrons. The largest absolute Gasteiger partial charge is 0.482 e. The van der Waals surface area contributed by atoms with Crippen molar-refractivity contribution in [2.75, 3.05) is 18.2 Å². The first-order valence-corrected chi connectivity index (χ1v) is 9.18. The second-order valence-electron chi connectivity index (χ2n) is 5.06. The Kier molecular flexibility index (Phi) is 5.82. The van der Waals surface area contributed by atoms with E-state index in [1.807, 2.05) is 0 Å². The third-order valence-corrected chi connectivity index (χ3v) is 4.53. The third-order valence-electron chi connectivity index (χ3n) is 3.10.